The van der Waals surface area contributed by atoms with E-state index in [9.17, 15) is 0 Å². The third kappa shape index (κ3) is 2.19. The third-order valence-corrected chi connectivity index (χ3v) is 4.88. The van der Waals surface area contributed by atoms with Crippen molar-refractivity contribution in [3.05, 3.63) is 39.8 Å². The maximum atomic E-state index is 4.86. The first kappa shape index (κ1) is 13.0. The Morgan fingerprint density at radius 2 is 2.33 bits per heavy atom. The van der Waals surface area contributed by atoms with Gasteiger partial charge in [-0.05, 0) is 46.0 Å². The van der Waals surface area contributed by atoms with Crippen LogP contribution in [0, 0.1) is 0 Å². The number of H-pyrrole nitrogens is 1. The highest BCUT2D eigenvalue weighted by Gasteiger charge is 2.20. The molecule has 0 radical (unpaired) electrons. The zero-order valence-corrected chi connectivity index (χ0v) is 13.0. The molecule has 2 N–H and O–H groups in total. The van der Waals surface area contributed by atoms with Crippen LogP contribution in [-0.4, -0.2) is 16.5 Å². The lowest BCUT2D eigenvalue weighted by atomic mass is 9.99. The minimum absolute atomic E-state index is 0.946. The van der Waals surface area contributed by atoms with Crippen LogP contribution in [0.4, 0.5) is 0 Å². The zero-order valence-electron chi connectivity index (χ0n) is 12.2. The maximum Gasteiger partial charge on any atom is 0.138 e. The summed E-state index contributed by atoms with van der Waals surface area (Å²) in [6.45, 7) is 4.20. The summed E-state index contributed by atoms with van der Waals surface area (Å²) in [5.41, 5.74) is 7.69. The predicted octanol–water partition coefficient (Wildman–Crippen LogP) is 3.89. The number of aryl methyl sites for hydroxylation is 1. The minimum atomic E-state index is 0.946. The molecule has 4 rings (SSSR count). The summed E-state index contributed by atoms with van der Waals surface area (Å²) < 4.78 is 0. The predicted molar refractivity (Wildman–Crippen MR) is 88.8 cm³/mol. The van der Waals surface area contributed by atoms with E-state index < -0.39 is 0 Å². The van der Waals surface area contributed by atoms with Crippen LogP contribution in [0.25, 0.3) is 22.2 Å². The van der Waals surface area contributed by atoms with Gasteiger partial charge in [-0.2, -0.15) is 11.3 Å². The molecule has 4 heterocycles. The highest BCUT2D eigenvalue weighted by atomic mass is 32.1. The largest absolute Gasteiger partial charge is 0.343 e. The lowest BCUT2D eigenvalue weighted by Gasteiger charge is -2.13. The molecule has 0 atom stereocenters. The van der Waals surface area contributed by atoms with Crippen molar-refractivity contribution in [2.45, 2.75) is 32.7 Å². The van der Waals surface area contributed by atoms with Gasteiger partial charge in [-0.3, -0.25) is 0 Å². The fourth-order valence-electron chi connectivity index (χ4n) is 3.23. The highest BCUT2D eigenvalue weighted by molar-refractivity contribution is 7.08. The average Bonchev–Trinajstić information content (AvgIpc) is 3.14. The summed E-state index contributed by atoms with van der Waals surface area (Å²) in [5, 5.41) is 9.19. The molecular formula is C17H19N3S. The van der Waals surface area contributed by atoms with Crippen molar-refractivity contribution in [1.29, 1.82) is 0 Å². The van der Waals surface area contributed by atoms with Crippen LogP contribution < -0.4 is 5.32 Å². The van der Waals surface area contributed by atoms with Gasteiger partial charge < -0.3 is 10.3 Å². The molecule has 3 aromatic heterocycles. The Labute approximate surface area is 128 Å². The molecule has 108 valence electrons. The fourth-order valence-corrected chi connectivity index (χ4v) is 3.88. The number of nitrogens with one attached hydrogen (secondary N) is 2. The second-order valence-electron chi connectivity index (χ2n) is 5.66. The van der Waals surface area contributed by atoms with Crippen LogP contribution >= 0.6 is 11.3 Å². The molecule has 3 aromatic rings. The van der Waals surface area contributed by atoms with E-state index >= 15 is 0 Å². The number of thiophene rings is 1. The van der Waals surface area contributed by atoms with E-state index in [-0.39, 0.29) is 0 Å². The Balaban J connectivity index is 2.01. The molecule has 0 bridgehead atoms. The Morgan fingerprint density at radius 3 is 3.14 bits per heavy atom. The van der Waals surface area contributed by atoms with E-state index in [4.69, 9.17) is 4.98 Å². The van der Waals surface area contributed by atoms with Crippen molar-refractivity contribution in [2.24, 2.45) is 0 Å². The summed E-state index contributed by atoms with van der Waals surface area (Å²) >= 11 is 1.76. The Morgan fingerprint density at radius 1 is 1.38 bits per heavy atom. The Bertz CT molecular complexity index is 771. The van der Waals surface area contributed by atoms with Crippen molar-refractivity contribution < 1.29 is 0 Å². The van der Waals surface area contributed by atoms with E-state index in [0.717, 1.165) is 38.0 Å². The molecule has 0 spiro atoms. The van der Waals surface area contributed by atoms with Gasteiger partial charge in [0.05, 0.1) is 0 Å². The third-order valence-electron chi connectivity index (χ3n) is 4.20. The molecule has 21 heavy (non-hydrogen) atoms. The van der Waals surface area contributed by atoms with E-state index in [1.165, 1.54) is 33.5 Å². The van der Waals surface area contributed by atoms with Crippen molar-refractivity contribution >= 4 is 22.4 Å². The molecule has 0 saturated carbocycles. The van der Waals surface area contributed by atoms with Gasteiger partial charge in [0.15, 0.2) is 0 Å². The SMILES string of the molecule is CCCc1cc(-c2ccsc2)c2c3c([nH]c2n1)CCNC3. The zero-order chi connectivity index (χ0) is 14.2. The van der Waals surface area contributed by atoms with Crippen molar-refractivity contribution in [3.63, 3.8) is 0 Å². The summed E-state index contributed by atoms with van der Waals surface area (Å²) in [6, 6.07) is 4.50. The summed E-state index contributed by atoms with van der Waals surface area (Å²) in [7, 11) is 0. The van der Waals surface area contributed by atoms with Gasteiger partial charge >= 0.3 is 0 Å². The number of aromatic amines is 1. The lowest BCUT2D eigenvalue weighted by molar-refractivity contribution is 0.641. The molecule has 0 amide bonds. The number of nitrogens with zero attached hydrogens (tertiary/aromatic N) is 1. The highest BCUT2D eigenvalue weighted by Crippen LogP contribution is 2.35. The Hall–Kier alpha value is -1.65. The first-order valence-electron chi connectivity index (χ1n) is 7.63. The van der Waals surface area contributed by atoms with Crippen molar-refractivity contribution in [2.75, 3.05) is 6.54 Å². The number of hydrogen-bond donors (Lipinski definition) is 2. The van der Waals surface area contributed by atoms with Gasteiger partial charge in [-0.1, -0.05) is 13.3 Å². The number of hydrogen-bond acceptors (Lipinski definition) is 3. The number of fused-ring (bicyclic) bond motifs is 3. The maximum absolute atomic E-state index is 4.86. The summed E-state index contributed by atoms with van der Waals surface area (Å²) in [6.07, 6.45) is 3.23. The van der Waals surface area contributed by atoms with Gasteiger partial charge in [-0.25, -0.2) is 4.98 Å². The average molecular weight is 297 g/mol. The van der Waals surface area contributed by atoms with Crippen LogP contribution in [0.5, 0.6) is 0 Å². The normalized spacial score (nSPS) is 14.5. The molecule has 4 heteroatoms. The van der Waals surface area contributed by atoms with Gasteiger partial charge in [0.1, 0.15) is 5.65 Å². The van der Waals surface area contributed by atoms with Gasteiger partial charge in [0, 0.05) is 36.3 Å². The molecule has 0 aliphatic carbocycles. The van der Waals surface area contributed by atoms with Crippen LogP contribution in [-0.2, 0) is 19.4 Å². The summed E-state index contributed by atoms with van der Waals surface area (Å²) in [5.74, 6) is 0. The van der Waals surface area contributed by atoms with Gasteiger partial charge in [-0.15, -0.1) is 0 Å². The first-order valence-corrected chi connectivity index (χ1v) is 8.57. The van der Waals surface area contributed by atoms with E-state index in [2.05, 4.69) is 40.1 Å². The van der Waals surface area contributed by atoms with Crippen molar-refractivity contribution in [3.8, 4) is 11.1 Å². The lowest BCUT2D eigenvalue weighted by Crippen LogP contribution is -2.22. The van der Waals surface area contributed by atoms with Crippen LogP contribution in [0.2, 0.25) is 0 Å². The van der Waals surface area contributed by atoms with Gasteiger partial charge in [0.2, 0.25) is 0 Å². The standard InChI is InChI=1S/C17H19N3S/c1-2-3-12-8-13(11-5-7-21-10-11)16-14-9-18-6-4-15(14)20-17(16)19-12/h5,7-8,10,18H,2-4,6,9H2,1H3,(H,19,20). The topological polar surface area (TPSA) is 40.7 Å². The van der Waals surface area contributed by atoms with Gasteiger partial charge in [0.25, 0.3) is 0 Å². The van der Waals surface area contributed by atoms with E-state index in [1.54, 1.807) is 11.3 Å². The fraction of sp³-hybridized carbons (Fsp3) is 0.353. The molecular weight excluding hydrogens is 278 g/mol. The monoisotopic (exact) mass is 297 g/mol. The number of aromatic nitrogens is 2. The number of pyridine rings is 1. The molecule has 0 fully saturated rings. The van der Waals surface area contributed by atoms with Crippen LogP contribution in [0.3, 0.4) is 0 Å². The second-order valence-corrected chi connectivity index (χ2v) is 6.44. The molecule has 0 aromatic carbocycles. The number of rotatable bonds is 3. The van der Waals surface area contributed by atoms with Crippen LogP contribution in [0.15, 0.2) is 22.9 Å². The second kappa shape index (κ2) is 5.28. The smallest absolute Gasteiger partial charge is 0.138 e. The molecule has 1 aliphatic heterocycles. The molecule has 0 unspecified atom stereocenters. The first-order chi connectivity index (χ1) is 10.4. The van der Waals surface area contributed by atoms with E-state index in [1.807, 2.05) is 0 Å². The van der Waals surface area contributed by atoms with Crippen LogP contribution in [0.1, 0.15) is 30.3 Å². The van der Waals surface area contributed by atoms with Crippen molar-refractivity contribution in [1.82, 2.24) is 15.3 Å². The molecule has 1 aliphatic rings. The Kier molecular flexibility index (Phi) is 3.28. The van der Waals surface area contributed by atoms with E-state index in [0.29, 0.717) is 0 Å². The quantitative estimate of drug-likeness (QED) is 0.770. The molecule has 3 nitrogen and oxygen atoms in total. The minimum Gasteiger partial charge on any atom is -0.343 e. The molecule has 0 saturated heterocycles. The summed E-state index contributed by atoms with van der Waals surface area (Å²) in [4.78, 5) is 8.43.